The van der Waals surface area contributed by atoms with E-state index in [2.05, 4.69) is 22.4 Å². The molecule has 21 heavy (non-hydrogen) atoms. The van der Waals surface area contributed by atoms with E-state index in [0.717, 1.165) is 29.5 Å². The predicted molar refractivity (Wildman–Crippen MR) is 91.7 cm³/mol. The molecule has 116 valence electrons. The van der Waals surface area contributed by atoms with E-state index in [-0.39, 0.29) is 0 Å². The third kappa shape index (κ3) is 3.74. The molecule has 2 aliphatic rings. The second-order valence-corrected chi connectivity index (χ2v) is 8.18. The minimum Gasteiger partial charge on any atom is -0.241 e. The maximum absolute atomic E-state index is 4.37. The summed E-state index contributed by atoms with van der Waals surface area (Å²) >= 11 is 0. The summed E-state index contributed by atoms with van der Waals surface area (Å²) in [5, 5.41) is 0. The Morgan fingerprint density at radius 2 is 1.43 bits per heavy atom. The Hall–Kier alpha value is -0.703. The summed E-state index contributed by atoms with van der Waals surface area (Å²) < 4.78 is 0. The van der Waals surface area contributed by atoms with Gasteiger partial charge in [0.2, 0.25) is 0 Å². The Morgan fingerprint density at radius 3 is 1.95 bits per heavy atom. The van der Waals surface area contributed by atoms with Gasteiger partial charge in [0.1, 0.15) is 5.82 Å². The van der Waals surface area contributed by atoms with Gasteiger partial charge in [-0.15, -0.1) is 0 Å². The number of hydrogen-bond donors (Lipinski definition) is 0. The second kappa shape index (κ2) is 7.04. The van der Waals surface area contributed by atoms with Crippen LogP contribution >= 0.6 is 0 Å². The summed E-state index contributed by atoms with van der Waals surface area (Å²) in [5.74, 6) is 4.77. The van der Waals surface area contributed by atoms with E-state index in [1.54, 1.807) is 0 Å². The molecular weight excluding hydrogens is 272 g/mol. The SMILES string of the molecule is Cc1ncc(C2CCC(C3CCC(C[SiH3])CC3)CC2)cn1. The highest BCUT2D eigenvalue weighted by Gasteiger charge is 2.30. The van der Waals surface area contributed by atoms with Gasteiger partial charge in [0.15, 0.2) is 0 Å². The molecule has 0 saturated heterocycles. The van der Waals surface area contributed by atoms with Crippen LogP contribution in [0.3, 0.4) is 0 Å². The molecule has 0 spiro atoms. The second-order valence-electron chi connectivity index (χ2n) is 7.36. The quantitative estimate of drug-likeness (QED) is 0.797. The molecule has 2 aliphatic carbocycles. The molecule has 3 rings (SSSR count). The van der Waals surface area contributed by atoms with Crippen LogP contribution in [0.25, 0.3) is 0 Å². The van der Waals surface area contributed by atoms with Gasteiger partial charge in [0, 0.05) is 22.6 Å². The molecule has 0 amide bonds. The minimum atomic E-state index is 0.722. The zero-order chi connectivity index (χ0) is 14.7. The van der Waals surface area contributed by atoms with E-state index in [1.807, 2.05) is 6.92 Å². The fraction of sp³-hybridized carbons (Fsp3) is 0.778. The molecule has 0 aromatic carbocycles. The van der Waals surface area contributed by atoms with Gasteiger partial charge in [-0.3, -0.25) is 0 Å². The van der Waals surface area contributed by atoms with Gasteiger partial charge in [-0.1, -0.05) is 18.9 Å². The van der Waals surface area contributed by atoms with Crippen molar-refractivity contribution in [1.82, 2.24) is 9.97 Å². The van der Waals surface area contributed by atoms with E-state index in [4.69, 9.17) is 0 Å². The van der Waals surface area contributed by atoms with E-state index >= 15 is 0 Å². The summed E-state index contributed by atoms with van der Waals surface area (Å²) in [7, 11) is 1.40. The predicted octanol–water partition coefficient (Wildman–Crippen LogP) is 3.65. The summed E-state index contributed by atoms with van der Waals surface area (Å²) in [6.45, 7) is 1.97. The molecular formula is C18H30N2Si. The summed E-state index contributed by atoms with van der Waals surface area (Å²) in [6, 6.07) is 1.53. The van der Waals surface area contributed by atoms with Gasteiger partial charge in [0.25, 0.3) is 0 Å². The van der Waals surface area contributed by atoms with Crippen molar-refractivity contribution >= 4 is 10.2 Å². The third-order valence-electron chi connectivity index (χ3n) is 6.18. The Bertz CT molecular complexity index is 429. The molecule has 2 fully saturated rings. The molecule has 0 radical (unpaired) electrons. The molecule has 0 atom stereocenters. The van der Waals surface area contributed by atoms with E-state index in [9.17, 15) is 0 Å². The van der Waals surface area contributed by atoms with Gasteiger partial charge >= 0.3 is 0 Å². The summed E-state index contributed by atoms with van der Waals surface area (Å²) in [4.78, 5) is 8.75. The van der Waals surface area contributed by atoms with Crippen molar-refractivity contribution in [3.8, 4) is 0 Å². The summed E-state index contributed by atoms with van der Waals surface area (Å²) in [5.41, 5.74) is 1.37. The smallest absolute Gasteiger partial charge is 0.125 e. The van der Waals surface area contributed by atoms with Crippen molar-refractivity contribution in [3.63, 3.8) is 0 Å². The van der Waals surface area contributed by atoms with Crippen LogP contribution in [0.1, 0.15) is 68.7 Å². The van der Waals surface area contributed by atoms with Crippen LogP contribution in [0.5, 0.6) is 0 Å². The van der Waals surface area contributed by atoms with Crippen molar-refractivity contribution in [1.29, 1.82) is 0 Å². The zero-order valence-corrected chi connectivity index (χ0v) is 15.7. The Morgan fingerprint density at radius 1 is 0.905 bits per heavy atom. The highest BCUT2D eigenvalue weighted by atomic mass is 28.1. The van der Waals surface area contributed by atoms with Crippen LogP contribution in [0, 0.1) is 24.7 Å². The Labute approximate surface area is 132 Å². The molecule has 0 unspecified atom stereocenters. The van der Waals surface area contributed by atoms with Crippen LogP contribution in [0.4, 0.5) is 0 Å². The first-order valence-corrected chi connectivity index (χ1v) is 10.5. The molecule has 1 aromatic rings. The normalized spacial score (nSPS) is 34.0. The van der Waals surface area contributed by atoms with E-state index < -0.39 is 0 Å². The van der Waals surface area contributed by atoms with Gasteiger partial charge in [0.05, 0.1) is 0 Å². The first-order chi connectivity index (χ1) is 10.3. The lowest BCUT2D eigenvalue weighted by Crippen LogP contribution is -2.25. The largest absolute Gasteiger partial charge is 0.241 e. The van der Waals surface area contributed by atoms with Crippen molar-refractivity contribution < 1.29 is 0 Å². The lowest BCUT2D eigenvalue weighted by Gasteiger charge is -2.37. The van der Waals surface area contributed by atoms with Crippen molar-refractivity contribution in [2.45, 2.75) is 70.3 Å². The highest BCUT2D eigenvalue weighted by molar-refractivity contribution is 6.08. The molecule has 3 heteroatoms. The maximum Gasteiger partial charge on any atom is 0.125 e. The first kappa shape index (κ1) is 15.2. The molecule has 0 bridgehead atoms. The third-order valence-corrected chi connectivity index (χ3v) is 7.33. The lowest BCUT2D eigenvalue weighted by molar-refractivity contribution is 0.165. The van der Waals surface area contributed by atoms with E-state index in [1.165, 1.54) is 73.2 Å². The number of hydrogen-bond acceptors (Lipinski definition) is 2. The van der Waals surface area contributed by atoms with Crippen LogP contribution < -0.4 is 0 Å². The molecule has 1 heterocycles. The average Bonchev–Trinajstić information content (AvgIpc) is 2.56. The maximum atomic E-state index is 4.37. The van der Waals surface area contributed by atoms with Gasteiger partial charge in [-0.05, 0) is 74.7 Å². The average molecular weight is 303 g/mol. The number of aromatic nitrogens is 2. The van der Waals surface area contributed by atoms with Crippen LogP contribution in [-0.2, 0) is 0 Å². The van der Waals surface area contributed by atoms with Crippen molar-refractivity contribution in [2.24, 2.45) is 17.8 Å². The highest BCUT2D eigenvalue weighted by Crippen LogP contribution is 2.44. The van der Waals surface area contributed by atoms with Gasteiger partial charge < -0.3 is 0 Å². The monoisotopic (exact) mass is 302 g/mol. The summed E-state index contributed by atoms with van der Waals surface area (Å²) in [6.07, 6.45) is 15.8. The molecule has 1 aromatic heterocycles. The standard InChI is InChI=1S/C18H30N2Si/c1-13-19-10-18(11-20-13)17-8-6-16(7-9-17)15-4-2-14(12-21)3-5-15/h10-11,14-17H,2-9,12H2,1,21H3. The van der Waals surface area contributed by atoms with Crippen molar-refractivity contribution in [3.05, 3.63) is 23.8 Å². The fourth-order valence-electron chi connectivity index (χ4n) is 4.61. The number of rotatable bonds is 3. The fourth-order valence-corrected chi connectivity index (χ4v) is 5.42. The molecule has 0 aliphatic heterocycles. The zero-order valence-electron chi connectivity index (χ0n) is 13.7. The van der Waals surface area contributed by atoms with Crippen LogP contribution in [0.2, 0.25) is 6.04 Å². The van der Waals surface area contributed by atoms with Gasteiger partial charge in [-0.25, -0.2) is 9.97 Å². The Balaban J connectivity index is 1.50. The van der Waals surface area contributed by atoms with Gasteiger partial charge in [-0.2, -0.15) is 0 Å². The first-order valence-electron chi connectivity index (χ1n) is 9.04. The van der Waals surface area contributed by atoms with Crippen LogP contribution in [0.15, 0.2) is 12.4 Å². The van der Waals surface area contributed by atoms with E-state index in [0.29, 0.717) is 0 Å². The number of aryl methyl sites for hydroxylation is 1. The van der Waals surface area contributed by atoms with Crippen LogP contribution in [-0.4, -0.2) is 20.2 Å². The molecule has 2 nitrogen and oxygen atoms in total. The lowest BCUT2D eigenvalue weighted by atomic mass is 9.69. The minimum absolute atomic E-state index is 0.722. The molecule has 0 N–H and O–H groups in total. The topological polar surface area (TPSA) is 25.8 Å². The molecule has 2 saturated carbocycles. The van der Waals surface area contributed by atoms with Crippen molar-refractivity contribution in [2.75, 3.05) is 0 Å². The number of nitrogens with zero attached hydrogens (tertiary/aromatic N) is 2. The Kier molecular flexibility index (Phi) is 5.09.